The zero-order valence-corrected chi connectivity index (χ0v) is 16.7. The third-order valence-corrected chi connectivity index (χ3v) is 7.77. The van der Waals surface area contributed by atoms with E-state index in [0.29, 0.717) is 4.90 Å². The molecule has 2 aromatic carbocycles. The van der Waals surface area contributed by atoms with Gasteiger partial charge in [0.1, 0.15) is 0 Å². The Hall–Kier alpha value is -1.85. The van der Waals surface area contributed by atoms with Crippen LogP contribution in [0, 0.1) is 20.8 Å². The topological polar surface area (TPSA) is 40.6 Å². The summed E-state index contributed by atoms with van der Waals surface area (Å²) in [6.45, 7) is 7.87. The summed E-state index contributed by atoms with van der Waals surface area (Å²) in [5.41, 5.74) is 5.34. The van der Waals surface area contributed by atoms with Crippen molar-refractivity contribution in [1.29, 1.82) is 0 Å². The van der Waals surface area contributed by atoms with E-state index in [1.807, 2.05) is 32.0 Å². The Balaban J connectivity index is 1.86. The molecule has 0 spiro atoms. The fourth-order valence-corrected chi connectivity index (χ4v) is 6.16. The third kappa shape index (κ3) is 2.65. The summed E-state index contributed by atoms with van der Waals surface area (Å²) in [5, 5.41) is 0. The quantitative estimate of drug-likeness (QED) is 0.811. The Morgan fingerprint density at radius 1 is 1.00 bits per heavy atom. The molecule has 4 nitrogen and oxygen atoms in total. The Bertz CT molecular complexity index is 968. The summed E-state index contributed by atoms with van der Waals surface area (Å²) in [6.07, 6.45) is 0.860. The van der Waals surface area contributed by atoms with E-state index in [-0.39, 0.29) is 12.0 Å². The highest BCUT2D eigenvalue weighted by atomic mass is 32.2. The third-order valence-electron chi connectivity index (χ3n) is 5.94. The zero-order valence-electron chi connectivity index (χ0n) is 15.9. The van der Waals surface area contributed by atoms with Crippen LogP contribution < -0.4 is 4.31 Å². The van der Waals surface area contributed by atoms with Gasteiger partial charge in [0.2, 0.25) is 0 Å². The van der Waals surface area contributed by atoms with Crippen LogP contribution >= 0.6 is 0 Å². The van der Waals surface area contributed by atoms with Crippen LogP contribution in [0.3, 0.4) is 0 Å². The summed E-state index contributed by atoms with van der Waals surface area (Å²) >= 11 is 0. The van der Waals surface area contributed by atoms with Crippen LogP contribution in [-0.4, -0.2) is 39.5 Å². The van der Waals surface area contributed by atoms with Crippen molar-refractivity contribution >= 4 is 15.7 Å². The number of anilines is 1. The molecule has 2 aliphatic rings. The second kappa shape index (κ2) is 6.10. The van der Waals surface area contributed by atoms with Gasteiger partial charge in [-0.15, -0.1) is 0 Å². The molecule has 0 amide bonds. The molecule has 2 aliphatic heterocycles. The van der Waals surface area contributed by atoms with Crippen molar-refractivity contribution in [2.45, 2.75) is 44.0 Å². The van der Waals surface area contributed by atoms with Crippen molar-refractivity contribution in [3.05, 3.63) is 58.7 Å². The van der Waals surface area contributed by atoms with E-state index in [4.69, 9.17) is 0 Å². The highest BCUT2D eigenvalue weighted by molar-refractivity contribution is 7.92. The largest absolute Gasteiger partial charge is 0.306 e. The minimum atomic E-state index is -3.58. The van der Waals surface area contributed by atoms with Crippen LogP contribution in [0.1, 0.15) is 34.6 Å². The second-order valence-corrected chi connectivity index (χ2v) is 9.65. The number of hydrogen-bond donors (Lipinski definition) is 0. The van der Waals surface area contributed by atoms with Gasteiger partial charge in [-0.2, -0.15) is 0 Å². The van der Waals surface area contributed by atoms with E-state index in [1.165, 1.54) is 11.1 Å². The van der Waals surface area contributed by atoms with Gasteiger partial charge in [0, 0.05) is 12.5 Å². The van der Waals surface area contributed by atoms with Crippen LogP contribution in [0.2, 0.25) is 0 Å². The van der Waals surface area contributed by atoms with Gasteiger partial charge in [-0.3, -0.25) is 4.31 Å². The maximum Gasteiger partial charge on any atom is 0.264 e. The van der Waals surface area contributed by atoms with Crippen molar-refractivity contribution < 1.29 is 8.42 Å². The number of hydrogen-bond acceptors (Lipinski definition) is 3. The SMILES string of the molecule is Cc1ccc2c(c1)[C@H]1CN(C)CC[C@H]1N2S(=O)(=O)c1ccc(C)c(C)c1. The predicted octanol–water partition coefficient (Wildman–Crippen LogP) is 3.61. The molecule has 5 heteroatoms. The van der Waals surface area contributed by atoms with Crippen molar-refractivity contribution in [2.24, 2.45) is 0 Å². The molecule has 26 heavy (non-hydrogen) atoms. The van der Waals surface area contributed by atoms with E-state index in [1.54, 1.807) is 16.4 Å². The Labute approximate surface area is 156 Å². The number of fused-ring (bicyclic) bond motifs is 3. The molecule has 1 saturated heterocycles. The van der Waals surface area contributed by atoms with Gasteiger partial charge < -0.3 is 4.90 Å². The Morgan fingerprint density at radius 2 is 1.77 bits per heavy atom. The summed E-state index contributed by atoms with van der Waals surface area (Å²) in [7, 11) is -1.46. The Morgan fingerprint density at radius 3 is 2.50 bits per heavy atom. The molecule has 0 unspecified atom stereocenters. The van der Waals surface area contributed by atoms with Crippen LogP contribution in [0.15, 0.2) is 41.3 Å². The Kier molecular flexibility index (Phi) is 4.12. The van der Waals surface area contributed by atoms with Crippen LogP contribution in [0.25, 0.3) is 0 Å². The van der Waals surface area contributed by atoms with E-state index >= 15 is 0 Å². The van der Waals surface area contributed by atoms with Crippen molar-refractivity contribution in [1.82, 2.24) is 4.90 Å². The van der Waals surface area contributed by atoms with Crippen LogP contribution in [0.4, 0.5) is 5.69 Å². The van der Waals surface area contributed by atoms with Crippen LogP contribution in [-0.2, 0) is 10.0 Å². The molecule has 1 fully saturated rings. The first-order valence-corrected chi connectivity index (χ1v) is 10.6. The standard InChI is InChI=1S/C21H26N2O2S/c1-14-5-8-20-18(11-14)19-13-22(4)10-9-21(19)23(20)26(24,25)17-7-6-15(2)16(3)12-17/h5-8,11-12,19,21H,9-10,13H2,1-4H3/t19-,21-/m1/s1. The predicted molar refractivity (Wildman–Crippen MR) is 105 cm³/mol. The molecule has 2 heterocycles. The normalized spacial score (nSPS) is 23.0. The summed E-state index contributed by atoms with van der Waals surface area (Å²) < 4.78 is 28.9. The number of benzene rings is 2. The smallest absolute Gasteiger partial charge is 0.264 e. The van der Waals surface area contributed by atoms with E-state index < -0.39 is 10.0 Å². The molecular formula is C21H26N2O2S. The number of sulfonamides is 1. The molecule has 4 rings (SSSR count). The summed E-state index contributed by atoms with van der Waals surface area (Å²) in [6, 6.07) is 11.6. The molecule has 0 radical (unpaired) electrons. The summed E-state index contributed by atoms with van der Waals surface area (Å²) in [5.74, 6) is 0.241. The molecule has 0 N–H and O–H groups in total. The number of likely N-dealkylation sites (N-methyl/N-ethyl adjacent to an activating group) is 1. The highest BCUT2D eigenvalue weighted by Crippen LogP contribution is 2.47. The summed E-state index contributed by atoms with van der Waals surface area (Å²) in [4.78, 5) is 2.70. The molecule has 0 bridgehead atoms. The first-order chi connectivity index (χ1) is 12.3. The number of rotatable bonds is 2. The monoisotopic (exact) mass is 370 g/mol. The number of likely N-dealkylation sites (tertiary alicyclic amines) is 1. The van der Waals surface area contributed by atoms with Crippen molar-refractivity contribution in [3.8, 4) is 0 Å². The van der Waals surface area contributed by atoms with E-state index in [9.17, 15) is 8.42 Å². The van der Waals surface area contributed by atoms with E-state index in [2.05, 4.69) is 24.9 Å². The van der Waals surface area contributed by atoms with Crippen molar-refractivity contribution in [2.75, 3.05) is 24.4 Å². The van der Waals surface area contributed by atoms with E-state index in [0.717, 1.165) is 36.3 Å². The molecule has 2 aromatic rings. The van der Waals surface area contributed by atoms with Crippen molar-refractivity contribution in [3.63, 3.8) is 0 Å². The van der Waals surface area contributed by atoms with Gasteiger partial charge in [-0.25, -0.2) is 8.42 Å². The van der Waals surface area contributed by atoms with Gasteiger partial charge in [-0.1, -0.05) is 23.8 Å². The van der Waals surface area contributed by atoms with Gasteiger partial charge >= 0.3 is 0 Å². The fraction of sp³-hybridized carbons (Fsp3) is 0.429. The lowest BCUT2D eigenvalue weighted by Gasteiger charge is -2.36. The van der Waals surface area contributed by atoms with Gasteiger partial charge in [0.15, 0.2) is 0 Å². The molecular weight excluding hydrogens is 344 g/mol. The number of piperidine rings is 1. The lowest BCUT2D eigenvalue weighted by molar-refractivity contribution is 0.237. The maximum absolute atomic E-state index is 13.6. The number of aryl methyl sites for hydroxylation is 3. The van der Waals surface area contributed by atoms with Gasteiger partial charge in [0.05, 0.1) is 16.6 Å². The zero-order chi connectivity index (χ0) is 18.6. The molecule has 0 aliphatic carbocycles. The lowest BCUT2D eigenvalue weighted by atomic mass is 9.89. The minimum Gasteiger partial charge on any atom is -0.306 e. The fourth-order valence-electron chi connectivity index (χ4n) is 4.33. The highest BCUT2D eigenvalue weighted by Gasteiger charge is 2.46. The first-order valence-electron chi connectivity index (χ1n) is 9.20. The van der Waals surface area contributed by atoms with Gasteiger partial charge in [-0.05, 0) is 75.7 Å². The molecule has 138 valence electrons. The second-order valence-electron chi connectivity index (χ2n) is 7.83. The maximum atomic E-state index is 13.6. The molecule has 0 saturated carbocycles. The number of nitrogens with zero attached hydrogens (tertiary/aromatic N) is 2. The van der Waals surface area contributed by atoms with Crippen LogP contribution in [0.5, 0.6) is 0 Å². The average molecular weight is 371 g/mol. The average Bonchev–Trinajstić information content (AvgIpc) is 2.91. The first kappa shape index (κ1) is 17.6. The van der Waals surface area contributed by atoms with Gasteiger partial charge in [0.25, 0.3) is 10.0 Å². The lowest BCUT2D eigenvalue weighted by Crippen LogP contribution is -2.47. The molecule has 0 aromatic heterocycles. The minimum absolute atomic E-state index is 0.00890. The molecule has 2 atom stereocenters.